The summed E-state index contributed by atoms with van der Waals surface area (Å²) >= 11 is 0. The Balaban J connectivity index is 1.28. The fourth-order valence-corrected chi connectivity index (χ4v) is 6.94. The number of aromatic nitrogens is 1. The van der Waals surface area contributed by atoms with Gasteiger partial charge in [-0.1, -0.05) is 6.07 Å². The second-order valence-corrected chi connectivity index (χ2v) is 11.2. The first-order valence-corrected chi connectivity index (χ1v) is 13.0. The van der Waals surface area contributed by atoms with Crippen molar-refractivity contribution >= 4 is 34.4 Å². The minimum atomic E-state index is -1.05. The molecule has 2 saturated carbocycles. The number of rotatable bonds is 9. The van der Waals surface area contributed by atoms with Crippen LogP contribution in [0, 0.1) is 17.3 Å². The Bertz CT molecular complexity index is 1290. The molecule has 0 radical (unpaired) electrons. The molecule has 3 saturated heterocycles. The lowest BCUT2D eigenvalue weighted by atomic mass is 9.59. The molecule has 2 bridgehead atoms. The number of aromatic amines is 1. The van der Waals surface area contributed by atoms with E-state index in [4.69, 9.17) is 4.74 Å². The Morgan fingerprint density at radius 3 is 2.68 bits per heavy atom. The number of Topliss-reactive ketones (excluding diaryl/α,β-unsaturated/α-hetero) is 1. The van der Waals surface area contributed by atoms with Crippen LogP contribution in [0.15, 0.2) is 24.3 Å². The minimum Gasteiger partial charge on any atom is -0.496 e. The second-order valence-electron chi connectivity index (χ2n) is 11.2. The van der Waals surface area contributed by atoms with Crippen LogP contribution < -0.4 is 15.4 Å². The number of methoxy groups -OCH3 is 1. The Labute approximate surface area is 214 Å². The van der Waals surface area contributed by atoms with Gasteiger partial charge < -0.3 is 30.4 Å². The summed E-state index contributed by atoms with van der Waals surface area (Å²) in [5.74, 6) is -0.551. The molecule has 2 aliphatic carbocycles. The normalized spacial score (nSPS) is 29.1. The highest BCUT2D eigenvalue weighted by molar-refractivity contribution is 6.04. The average Bonchev–Trinajstić information content (AvgIpc) is 3.23. The van der Waals surface area contributed by atoms with Crippen molar-refractivity contribution in [2.24, 2.45) is 17.3 Å². The lowest BCUT2D eigenvalue weighted by Gasteiger charge is -2.47. The molecule has 2 atom stereocenters. The standard InChI is InChI=1S/C27H32N4O6/c1-37-22-4-2-3-18-17(22)10-20(29-18)24(35)31-14-26(16-5-6-16)12-27(31,13-26)25(36)30-19(21(33)11-32)9-15-7-8-28-23(15)34/h2-4,10,15-16,19,29,32H,5-9,11-14H2,1H3,(H,28,34)(H,30,36)/t15-,19?,26?,27?/m0/s1. The summed E-state index contributed by atoms with van der Waals surface area (Å²) in [6.45, 7) is 0.306. The van der Waals surface area contributed by atoms with Crippen molar-refractivity contribution in [3.05, 3.63) is 30.0 Å². The van der Waals surface area contributed by atoms with Gasteiger partial charge in [0, 0.05) is 29.9 Å². The Kier molecular flexibility index (Phi) is 5.56. The number of ether oxygens (including phenoxy) is 1. The zero-order valence-electron chi connectivity index (χ0n) is 20.8. The van der Waals surface area contributed by atoms with Crippen LogP contribution in [0.1, 0.15) is 49.0 Å². The third kappa shape index (κ3) is 3.72. The van der Waals surface area contributed by atoms with Crippen LogP contribution >= 0.6 is 0 Å². The molecule has 4 N–H and O–H groups in total. The summed E-state index contributed by atoms with van der Waals surface area (Å²) < 4.78 is 5.44. The molecule has 1 unspecified atom stereocenters. The molecule has 5 fully saturated rings. The minimum absolute atomic E-state index is 0.0709. The van der Waals surface area contributed by atoms with Crippen LogP contribution in [-0.2, 0) is 14.4 Å². The Morgan fingerprint density at radius 2 is 2.03 bits per heavy atom. The fourth-order valence-electron chi connectivity index (χ4n) is 6.94. The summed E-state index contributed by atoms with van der Waals surface area (Å²) in [7, 11) is 1.58. The van der Waals surface area contributed by atoms with Crippen LogP contribution in [0.2, 0.25) is 0 Å². The van der Waals surface area contributed by atoms with Crippen molar-refractivity contribution in [3.63, 3.8) is 0 Å². The lowest BCUT2D eigenvalue weighted by Crippen LogP contribution is -2.63. The van der Waals surface area contributed by atoms with Crippen molar-refractivity contribution in [1.29, 1.82) is 0 Å². The number of fused-ring (bicyclic) bond motifs is 2. The van der Waals surface area contributed by atoms with Crippen LogP contribution in [0.4, 0.5) is 0 Å². The van der Waals surface area contributed by atoms with E-state index >= 15 is 0 Å². The molecule has 3 aliphatic heterocycles. The lowest BCUT2D eigenvalue weighted by molar-refractivity contribution is -0.140. The van der Waals surface area contributed by atoms with Crippen molar-refractivity contribution in [3.8, 4) is 5.75 Å². The highest BCUT2D eigenvalue weighted by Crippen LogP contribution is 2.68. The largest absolute Gasteiger partial charge is 0.496 e. The van der Waals surface area contributed by atoms with E-state index in [2.05, 4.69) is 15.6 Å². The third-order valence-electron chi connectivity index (χ3n) is 9.00. The molecule has 5 aliphatic rings. The number of nitrogens with one attached hydrogen (secondary N) is 3. The smallest absolute Gasteiger partial charge is 0.271 e. The monoisotopic (exact) mass is 508 g/mol. The van der Waals surface area contributed by atoms with E-state index in [-0.39, 0.29) is 29.6 Å². The van der Waals surface area contributed by atoms with E-state index in [9.17, 15) is 24.3 Å². The molecule has 10 heteroatoms. The second kappa shape index (κ2) is 8.58. The van der Waals surface area contributed by atoms with Crippen LogP contribution in [0.3, 0.4) is 0 Å². The van der Waals surface area contributed by atoms with Crippen LogP contribution in [0.5, 0.6) is 5.75 Å². The van der Waals surface area contributed by atoms with Crippen molar-refractivity contribution in [2.75, 3.05) is 26.8 Å². The zero-order valence-corrected chi connectivity index (χ0v) is 20.8. The van der Waals surface area contributed by atoms with Crippen LogP contribution in [0.25, 0.3) is 10.9 Å². The fraction of sp³-hybridized carbons (Fsp3) is 0.556. The summed E-state index contributed by atoms with van der Waals surface area (Å²) in [5, 5.41) is 15.9. The number of amides is 3. The van der Waals surface area contributed by atoms with E-state index in [1.165, 1.54) is 0 Å². The molecule has 4 heterocycles. The predicted molar refractivity (Wildman–Crippen MR) is 133 cm³/mol. The number of hydrogen-bond donors (Lipinski definition) is 4. The van der Waals surface area contributed by atoms with Gasteiger partial charge >= 0.3 is 0 Å². The number of H-pyrrole nitrogens is 1. The number of ketones is 1. The Hall–Kier alpha value is -3.40. The van der Waals surface area contributed by atoms with E-state index < -0.39 is 29.9 Å². The van der Waals surface area contributed by atoms with Gasteiger partial charge in [0.1, 0.15) is 23.6 Å². The van der Waals surface area contributed by atoms with Crippen LogP contribution in [-0.4, -0.2) is 76.9 Å². The maximum absolute atomic E-state index is 13.9. The number of nitrogens with zero attached hydrogens (tertiary/aromatic N) is 1. The number of aliphatic hydroxyl groups excluding tert-OH is 1. The van der Waals surface area contributed by atoms with Crippen molar-refractivity contribution < 1.29 is 29.0 Å². The molecule has 196 valence electrons. The van der Waals surface area contributed by atoms with E-state index in [0.29, 0.717) is 49.7 Å². The highest BCUT2D eigenvalue weighted by Gasteiger charge is 2.73. The maximum atomic E-state index is 13.9. The van der Waals surface area contributed by atoms with Gasteiger partial charge in [-0.3, -0.25) is 19.2 Å². The number of carbonyl (C=O) groups is 4. The number of benzene rings is 1. The van der Waals surface area contributed by atoms with Gasteiger partial charge in [-0.15, -0.1) is 0 Å². The molecule has 3 amide bonds. The maximum Gasteiger partial charge on any atom is 0.271 e. The molecular formula is C27H32N4O6. The molecular weight excluding hydrogens is 476 g/mol. The number of aliphatic hydroxyl groups is 1. The number of hydrogen-bond acceptors (Lipinski definition) is 6. The highest BCUT2D eigenvalue weighted by atomic mass is 16.5. The first kappa shape index (κ1) is 24.0. The van der Waals surface area contributed by atoms with E-state index in [0.717, 1.165) is 23.7 Å². The quantitative estimate of drug-likeness (QED) is 0.400. The van der Waals surface area contributed by atoms with Crippen molar-refractivity contribution in [1.82, 2.24) is 20.5 Å². The summed E-state index contributed by atoms with van der Waals surface area (Å²) in [6.07, 6.45) is 4.05. The van der Waals surface area contributed by atoms with Gasteiger partial charge in [0.25, 0.3) is 5.91 Å². The molecule has 0 spiro atoms. The molecule has 1 aromatic heterocycles. The van der Waals surface area contributed by atoms with Gasteiger partial charge in [-0.25, -0.2) is 0 Å². The van der Waals surface area contributed by atoms with E-state index in [1.54, 1.807) is 18.1 Å². The van der Waals surface area contributed by atoms with E-state index in [1.807, 2.05) is 18.2 Å². The van der Waals surface area contributed by atoms with Crippen molar-refractivity contribution in [2.45, 2.75) is 50.1 Å². The van der Waals surface area contributed by atoms with Gasteiger partial charge in [0.15, 0.2) is 5.78 Å². The van der Waals surface area contributed by atoms with Gasteiger partial charge in [0.05, 0.1) is 13.2 Å². The Morgan fingerprint density at radius 1 is 1.24 bits per heavy atom. The first-order valence-electron chi connectivity index (χ1n) is 13.0. The molecule has 10 nitrogen and oxygen atoms in total. The predicted octanol–water partition coefficient (Wildman–Crippen LogP) is 1.13. The zero-order chi connectivity index (χ0) is 25.9. The SMILES string of the molecule is COc1cccc2[nH]c(C(=O)N3CC4(C5CC5)CC3(C(=O)NC(C[C@@H]3CCNC3=O)C(=O)CO)C4)cc12. The topological polar surface area (TPSA) is 141 Å². The molecule has 37 heavy (non-hydrogen) atoms. The third-order valence-corrected chi connectivity index (χ3v) is 9.00. The molecule has 2 aromatic rings. The van der Waals surface area contributed by atoms with Gasteiger partial charge in [-0.2, -0.15) is 0 Å². The van der Waals surface area contributed by atoms with Gasteiger partial charge in [0.2, 0.25) is 11.8 Å². The summed E-state index contributed by atoms with van der Waals surface area (Å²) in [6, 6.07) is 6.33. The summed E-state index contributed by atoms with van der Waals surface area (Å²) in [4.78, 5) is 57.2. The number of carbonyl (C=O) groups excluding carboxylic acids is 4. The molecule has 7 rings (SSSR count). The average molecular weight is 509 g/mol. The molecule has 1 aromatic carbocycles. The summed E-state index contributed by atoms with van der Waals surface area (Å²) in [5.41, 5.74) is 0.0368. The van der Waals surface area contributed by atoms with Gasteiger partial charge in [-0.05, 0) is 68.1 Å². The first-order chi connectivity index (χ1) is 17.8.